The molecule has 146 valence electrons. The molecule has 10 heteroatoms. The third kappa shape index (κ3) is 6.10. The number of thiol groups is 1. The first-order valence-corrected chi connectivity index (χ1v) is 9.08. The Labute approximate surface area is 158 Å². The molecule has 3 amide bonds. The Balaban J connectivity index is 2.72. The molecule has 1 rings (SSSR count). The second kappa shape index (κ2) is 10.9. The van der Waals surface area contributed by atoms with E-state index < -0.39 is 24.0 Å². The number of nitrogens with one attached hydrogen (secondary N) is 3. The molecule has 0 aliphatic carbocycles. The minimum Gasteiger partial charge on any atom is -0.348 e. The quantitative estimate of drug-likeness (QED) is 0.261. The average Bonchev–Trinajstić information content (AvgIpc) is 3.11. The summed E-state index contributed by atoms with van der Waals surface area (Å²) in [6.45, 7) is 1.66. The number of nitrogens with zero attached hydrogens (tertiary/aromatic N) is 1. The zero-order chi connectivity index (χ0) is 19.7. The summed E-state index contributed by atoms with van der Waals surface area (Å²) in [6.07, 6.45) is 1.59. The first-order chi connectivity index (χ1) is 12.3. The molecule has 26 heavy (non-hydrogen) atoms. The van der Waals surface area contributed by atoms with E-state index in [4.69, 9.17) is 0 Å². The number of ketones is 1. The predicted octanol–water partition coefficient (Wildman–Crippen LogP) is -1.73. The zero-order valence-corrected chi connectivity index (χ0v) is 15.9. The van der Waals surface area contributed by atoms with Crippen LogP contribution >= 0.6 is 12.6 Å². The van der Waals surface area contributed by atoms with Crippen molar-refractivity contribution in [3.8, 4) is 0 Å². The standard InChI is InChI=1S/C16H26N4O5S/c1-10(22)12(9-26)19-14(23)8-11(17-2)16(25)20-6-3-4-13(20)15(24)18-5-7-21/h7,11-13,17,26H,3-6,8-9H2,1-2H3,(H,18,24)(H,19,23)/t11-,12+,13-/m0/s1. The van der Waals surface area contributed by atoms with Crippen LogP contribution in [0.25, 0.3) is 0 Å². The van der Waals surface area contributed by atoms with Crippen molar-refractivity contribution in [1.82, 2.24) is 20.9 Å². The van der Waals surface area contributed by atoms with Crippen LogP contribution in [0.4, 0.5) is 0 Å². The maximum atomic E-state index is 12.7. The van der Waals surface area contributed by atoms with Crippen molar-refractivity contribution in [2.75, 3.05) is 25.9 Å². The lowest BCUT2D eigenvalue weighted by Gasteiger charge is -2.28. The van der Waals surface area contributed by atoms with Gasteiger partial charge in [0.15, 0.2) is 5.78 Å². The molecule has 1 saturated heterocycles. The van der Waals surface area contributed by atoms with Gasteiger partial charge in [-0.15, -0.1) is 0 Å². The number of aldehydes is 1. The number of likely N-dealkylation sites (tertiary alicyclic amines) is 1. The molecule has 0 saturated carbocycles. The fourth-order valence-corrected chi connectivity index (χ4v) is 3.14. The fourth-order valence-electron chi connectivity index (χ4n) is 2.79. The number of amides is 3. The third-order valence-corrected chi connectivity index (χ3v) is 4.61. The average molecular weight is 386 g/mol. The lowest BCUT2D eigenvalue weighted by Crippen LogP contribution is -2.53. The Morgan fingerprint density at radius 1 is 1.27 bits per heavy atom. The van der Waals surface area contributed by atoms with Gasteiger partial charge in [0.2, 0.25) is 17.7 Å². The highest BCUT2D eigenvalue weighted by Gasteiger charge is 2.37. The van der Waals surface area contributed by atoms with Crippen LogP contribution in [-0.2, 0) is 24.0 Å². The summed E-state index contributed by atoms with van der Waals surface area (Å²) < 4.78 is 0. The SMILES string of the molecule is CN[C@@H](CC(=O)N[C@H](CS)C(C)=O)C(=O)N1CCC[C@H]1C(=O)NCC=O. The summed E-state index contributed by atoms with van der Waals surface area (Å²) in [4.78, 5) is 60.2. The topological polar surface area (TPSA) is 125 Å². The van der Waals surface area contributed by atoms with Crippen LogP contribution in [-0.4, -0.2) is 78.7 Å². The smallest absolute Gasteiger partial charge is 0.243 e. The Kier molecular flexibility index (Phi) is 9.28. The van der Waals surface area contributed by atoms with Crippen molar-refractivity contribution in [1.29, 1.82) is 0 Å². The monoisotopic (exact) mass is 386 g/mol. The maximum Gasteiger partial charge on any atom is 0.243 e. The van der Waals surface area contributed by atoms with Gasteiger partial charge in [-0.25, -0.2) is 0 Å². The molecule has 1 fully saturated rings. The Morgan fingerprint density at radius 2 is 1.96 bits per heavy atom. The predicted molar refractivity (Wildman–Crippen MR) is 97.7 cm³/mol. The molecule has 0 aromatic rings. The van der Waals surface area contributed by atoms with Gasteiger partial charge in [0.25, 0.3) is 0 Å². The van der Waals surface area contributed by atoms with Crippen LogP contribution in [0.3, 0.4) is 0 Å². The molecule has 0 aromatic heterocycles. The highest BCUT2D eigenvalue weighted by molar-refractivity contribution is 7.80. The molecule has 3 atom stereocenters. The molecule has 0 bridgehead atoms. The molecule has 9 nitrogen and oxygen atoms in total. The van der Waals surface area contributed by atoms with Gasteiger partial charge in [-0.1, -0.05) is 0 Å². The molecule has 3 N–H and O–H groups in total. The van der Waals surface area contributed by atoms with Crippen molar-refractivity contribution in [2.45, 2.75) is 44.3 Å². The lowest BCUT2D eigenvalue weighted by atomic mass is 10.1. The van der Waals surface area contributed by atoms with E-state index in [9.17, 15) is 24.0 Å². The van der Waals surface area contributed by atoms with Crippen molar-refractivity contribution in [3.63, 3.8) is 0 Å². The van der Waals surface area contributed by atoms with E-state index in [-0.39, 0.29) is 36.3 Å². The summed E-state index contributed by atoms with van der Waals surface area (Å²) in [6, 6.07) is -2.17. The summed E-state index contributed by atoms with van der Waals surface area (Å²) in [5, 5.41) is 7.79. The second-order valence-corrected chi connectivity index (χ2v) is 6.43. The van der Waals surface area contributed by atoms with E-state index >= 15 is 0 Å². The Hall–Kier alpha value is -1.94. The summed E-state index contributed by atoms with van der Waals surface area (Å²) in [7, 11) is 1.55. The molecule has 0 spiro atoms. The van der Waals surface area contributed by atoms with Gasteiger partial charge >= 0.3 is 0 Å². The van der Waals surface area contributed by atoms with Gasteiger partial charge in [0, 0.05) is 12.3 Å². The van der Waals surface area contributed by atoms with Gasteiger partial charge < -0.3 is 25.6 Å². The minimum atomic E-state index is -0.818. The van der Waals surface area contributed by atoms with Gasteiger partial charge in [-0.3, -0.25) is 19.2 Å². The number of hydrogen-bond acceptors (Lipinski definition) is 7. The minimum absolute atomic E-state index is 0.106. The lowest BCUT2D eigenvalue weighted by molar-refractivity contribution is -0.141. The number of carbonyl (C=O) groups excluding carboxylic acids is 5. The van der Waals surface area contributed by atoms with Crippen molar-refractivity contribution in [3.05, 3.63) is 0 Å². The molecule has 1 heterocycles. The van der Waals surface area contributed by atoms with Crippen LogP contribution < -0.4 is 16.0 Å². The van der Waals surface area contributed by atoms with Gasteiger partial charge in [-0.2, -0.15) is 12.6 Å². The first kappa shape index (κ1) is 22.1. The normalized spacial score (nSPS) is 18.7. The van der Waals surface area contributed by atoms with E-state index in [0.717, 1.165) is 0 Å². The zero-order valence-electron chi connectivity index (χ0n) is 15.0. The van der Waals surface area contributed by atoms with Crippen molar-refractivity contribution >= 4 is 42.4 Å². The van der Waals surface area contributed by atoms with E-state index in [1.165, 1.54) is 11.8 Å². The number of hydrogen-bond donors (Lipinski definition) is 4. The Bertz CT molecular complexity index is 557. The van der Waals surface area contributed by atoms with Crippen LogP contribution in [0.15, 0.2) is 0 Å². The van der Waals surface area contributed by atoms with Crippen LogP contribution in [0.5, 0.6) is 0 Å². The van der Waals surface area contributed by atoms with E-state index in [1.54, 1.807) is 7.05 Å². The summed E-state index contributed by atoms with van der Waals surface area (Å²) in [5.74, 6) is -1.24. The van der Waals surface area contributed by atoms with E-state index in [2.05, 4.69) is 28.6 Å². The highest BCUT2D eigenvalue weighted by atomic mass is 32.1. The van der Waals surface area contributed by atoms with Crippen LogP contribution in [0.1, 0.15) is 26.2 Å². The fraction of sp³-hybridized carbons (Fsp3) is 0.688. The molecule has 0 unspecified atom stereocenters. The van der Waals surface area contributed by atoms with E-state index in [0.29, 0.717) is 25.7 Å². The maximum absolute atomic E-state index is 12.7. The molecule has 0 aromatic carbocycles. The molecule has 1 aliphatic rings. The number of carbonyl (C=O) groups is 5. The second-order valence-electron chi connectivity index (χ2n) is 6.06. The van der Waals surface area contributed by atoms with E-state index in [1.807, 2.05) is 0 Å². The van der Waals surface area contributed by atoms with Crippen molar-refractivity contribution < 1.29 is 24.0 Å². The van der Waals surface area contributed by atoms with Crippen LogP contribution in [0.2, 0.25) is 0 Å². The molecular weight excluding hydrogens is 360 g/mol. The Morgan fingerprint density at radius 3 is 2.50 bits per heavy atom. The third-order valence-electron chi connectivity index (χ3n) is 4.24. The largest absolute Gasteiger partial charge is 0.348 e. The van der Waals surface area contributed by atoms with Crippen molar-refractivity contribution in [2.24, 2.45) is 0 Å². The molecule has 1 aliphatic heterocycles. The molecule has 0 radical (unpaired) electrons. The van der Waals surface area contributed by atoms with Crippen LogP contribution in [0, 0.1) is 0 Å². The number of Topliss-reactive ketones (excluding diaryl/α,β-unsaturated/α-hetero) is 1. The van der Waals surface area contributed by atoms with Gasteiger partial charge in [-0.05, 0) is 26.8 Å². The van der Waals surface area contributed by atoms with Gasteiger partial charge in [0.05, 0.1) is 25.0 Å². The number of likely N-dealkylation sites (N-methyl/N-ethyl adjacent to an activating group) is 1. The summed E-state index contributed by atoms with van der Waals surface area (Å²) in [5.41, 5.74) is 0. The number of rotatable bonds is 10. The molecular formula is C16H26N4O5S. The summed E-state index contributed by atoms with van der Waals surface area (Å²) >= 11 is 4.02. The first-order valence-electron chi connectivity index (χ1n) is 8.45. The van der Waals surface area contributed by atoms with Gasteiger partial charge in [0.1, 0.15) is 12.3 Å². The highest BCUT2D eigenvalue weighted by Crippen LogP contribution is 2.19.